The third kappa shape index (κ3) is 5.80. The van der Waals surface area contributed by atoms with E-state index in [0.717, 1.165) is 82.2 Å². The summed E-state index contributed by atoms with van der Waals surface area (Å²) in [6, 6.07) is 40.8. The van der Waals surface area contributed by atoms with Gasteiger partial charge in [0.05, 0.1) is 5.52 Å². The minimum absolute atomic E-state index is 0.553. The number of pyridine rings is 1. The van der Waals surface area contributed by atoms with Gasteiger partial charge in [0.25, 0.3) is 0 Å². The summed E-state index contributed by atoms with van der Waals surface area (Å²) in [5, 5.41) is 16.2. The standard InChI is InChI=1S/C41H39BrN4O/c1-44-18-17-41(47,37-14-8-13-31-15-16-35(44)27-36(31)37)38-26-34(42)25-32-24-33(23-29-9-4-2-5-10-29)40(43-39(32)38)46-21-19-45(20-22-46)28-30-11-6-3-7-12-30/h2-16,24-27,47H,17-23,28H2,1H3. The van der Waals surface area contributed by atoms with Crippen molar-refractivity contribution in [1.82, 2.24) is 9.88 Å². The highest BCUT2D eigenvalue weighted by molar-refractivity contribution is 9.10. The summed E-state index contributed by atoms with van der Waals surface area (Å²) < 4.78 is 0.944. The summed E-state index contributed by atoms with van der Waals surface area (Å²) in [6.07, 6.45) is 1.35. The number of rotatable bonds is 6. The Hall–Kier alpha value is -4.23. The van der Waals surface area contributed by atoms with Crippen molar-refractivity contribution in [3.63, 3.8) is 0 Å². The van der Waals surface area contributed by atoms with Crippen molar-refractivity contribution in [2.24, 2.45) is 0 Å². The number of halogens is 1. The van der Waals surface area contributed by atoms with Gasteiger partial charge in [-0.2, -0.15) is 0 Å². The van der Waals surface area contributed by atoms with Crippen molar-refractivity contribution in [1.29, 1.82) is 0 Å². The molecule has 47 heavy (non-hydrogen) atoms. The van der Waals surface area contributed by atoms with E-state index < -0.39 is 5.60 Å². The molecular formula is C41H39BrN4O. The zero-order valence-corrected chi connectivity index (χ0v) is 28.3. The van der Waals surface area contributed by atoms with Gasteiger partial charge in [0, 0.05) is 80.3 Å². The lowest BCUT2D eigenvalue weighted by atomic mass is 9.79. The highest BCUT2D eigenvalue weighted by Gasteiger charge is 2.37. The summed E-state index contributed by atoms with van der Waals surface area (Å²) in [4.78, 5) is 12.8. The Morgan fingerprint density at radius 2 is 1.47 bits per heavy atom. The quantitative estimate of drug-likeness (QED) is 0.192. The zero-order chi connectivity index (χ0) is 32.0. The van der Waals surface area contributed by atoms with Crippen LogP contribution in [-0.4, -0.2) is 54.8 Å². The molecule has 0 aliphatic carbocycles. The molecule has 2 aliphatic heterocycles. The Kier molecular flexibility index (Phi) is 7.96. The van der Waals surface area contributed by atoms with Crippen LogP contribution in [0.3, 0.4) is 0 Å². The summed E-state index contributed by atoms with van der Waals surface area (Å²) >= 11 is 3.83. The van der Waals surface area contributed by atoms with Crippen LogP contribution in [0.4, 0.5) is 11.5 Å². The number of hydrogen-bond acceptors (Lipinski definition) is 5. The Morgan fingerprint density at radius 3 is 2.23 bits per heavy atom. The number of nitrogens with zero attached hydrogens (tertiary/aromatic N) is 4. The maximum atomic E-state index is 13.0. The van der Waals surface area contributed by atoms with E-state index in [0.29, 0.717) is 13.0 Å². The molecule has 0 amide bonds. The van der Waals surface area contributed by atoms with Gasteiger partial charge in [0.2, 0.25) is 0 Å². The Morgan fingerprint density at radius 1 is 0.723 bits per heavy atom. The number of fused-ring (bicyclic) bond motifs is 2. The van der Waals surface area contributed by atoms with E-state index in [1.54, 1.807) is 0 Å². The van der Waals surface area contributed by atoms with E-state index in [9.17, 15) is 5.11 Å². The van der Waals surface area contributed by atoms with E-state index in [4.69, 9.17) is 4.98 Å². The van der Waals surface area contributed by atoms with Crippen LogP contribution in [-0.2, 0) is 18.6 Å². The second-order valence-electron chi connectivity index (χ2n) is 13.2. The number of hydrogen-bond donors (Lipinski definition) is 1. The molecule has 5 nitrogen and oxygen atoms in total. The normalized spacial score (nSPS) is 18.5. The summed E-state index contributed by atoms with van der Waals surface area (Å²) in [6.45, 7) is 5.43. The van der Waals surface area contributed by atoms with E-state index in [1.165, 1.54) is 22.4 Å². The summed E-state index contributed by atoms with van der Waals surface area (Å²) in [5.41, 5.74) is 6.43. The number of benzene rings is 5. The molecule has 6 heteroatoms. The molecule has 0 spiro atoms. The molecule has 3 heterocycles. The van der Waals surface area contributed by atoms with Crippen LogP contribution < -0.4 is 9.80 Å². The highest BCUT2D eigenvalue weighted by atomic mass is 79.9. The minimum Gasteiger partial charge on any atom is -0.380 e. The van der Waals surface area contributed by atoms with Crippen molar-refractivity contribution in [2.45, 2.75) is 25.0 Å². The maximum Gasteiger partial charge on any atom is 0.132 e. The molecule has 236 valence electrons. The minimum atomic E-state index is -1.23. The van der Waals surface area contributed by atoms with Crippen LogP contribution in [0.15, 0.2) is 120 Å². The molecule has 8 rings (SSSR count). The number of aliphatic hydroxyl groups is 1. The van der Waals surface area contributed by atoms with E-state index in [-0.39, 0.29) is 0 Å². The molecule has 0 radical (unpaired) electrons. The second kappa shape index (κ2) is 12.4. The first-order valence-corrected chi connectivity index (χ1v) is 17.4. The molecule has 1 unspecified atom stereocenters. The van der Waals surface area contributed by atoms with Gasteiger partial charge < -0.3 is 14.9 Å². The van der Waals surface area contributed by atoms with Crippen LogP contribution in [0.25, 0.3) is 21.7 Å². The summed E-state index contributed by atoms with van der Waals surface area (Å²) in [7, 11) is 2.11. The fourth-order valence-electron chi connectivity index (χ4n) is 7.51. The summed E-state index contributed by atoms with van der Waals surface area (Å²) in [5.74, 6) is 1.02. The largest absolute Gasteiger partial charge is 0.380 e. The van der Waals surface area contributed by atoms with Crippen LogP contribution in [0.1, 0.15) is 34.2 Å². The van der Waals surface area contributed by atoms with Gasteiger partial charge in [-0.15, -0.1) is 0 Å². The van der Waals surface area contributed by atoms with Crippen LogP contribution in [0.5, 0.6) is 0 Å². The van der Waals surface area contributed by atoms with Crippen LogP contribution in [0.2, 0.25) is 0 Å². The van der Waals surface area contributed by atoms with Gasteiger partial charge in [-0.05, 0) is 63.4 Å². The van der Waals surface area contributed by atoms with Gasteiger partial charge in [0.1, 0.15) is 11.4 Å². The van der Waals surface area contributed by atoms with Crippen LogP contribution in [0, 0.1) is 0 Å². The molecule has 1 aromatic heterocycles. The fraction of sp³-hybridized carbons (Fsp3) is 0.244. The van der Waals surface area contributed by atoms with Crippen molar-refractivity contribution in [2.75, 3.05) is 49.6 Å². The average Bonchev–Trinajstić information content (AvgIpc) is 3.10. The fourth-order valence-corrected chi connectivity index (χ4v) is 7.99. The zero-order valence-electron chi connectivity index (χ0n) is 26.7. The third-order valence-electron chi connectivity index (χ3n) is 10.1. The maximum absolute atomic E-state index is 13.0. The predicted octanol–water partition coefficient (Wildman–Crippen LogP) is 8.14. The lowest BCUT2D eigenvalue weighted by molar-refractivity contribution is 0.0759. The lowest BCUT2D eigenvalue weighted by Crippen LogP contribution is -2.46. The van der Waals surface area contributed by atoms with Gasteiger partial charge in [-0.1, -0.05) is 101 Å². The number of piperazine rings is 1. The van der Waals surface area contributed by atoms with E-state index in [2.05, 4.69) is 153 Å². The van der Waals surface area contributed by atoms with Gasteiger partial charge in [-0.25, -0.2) is 4.98 Å². The Labute approximate surface area is 285 Å². The van der Waals surface area contributed by atoms with E-state index in [1.807, 2.05) is 0 Å². The number of aromatic nitrogens is 1. The molecule has 1 saturated heterocycles. The smallest absolute Gasteiger partial charge is 0.132 e. The number of anilines is 2. The first-order chi connectivity index (χ1) is 22.9. The molecule has 6 aromatic rings. The van der Waals surface area contributed by atoms with Gasteiger partial charge in [-0.3, -0.25) is 4.90 Å². The molecule has 1 fully saturated rings. The molecule has 0 saturated carbocycles. The molecule has 2 bridgehead atoms. The Bertz CT molecular complexity index is 2060. The monoisotopic (exact) mass is 682 g/mol. The van der Waals surface area contributed by atoms with Crippen molar-refractivity contribution in [3.8, 4) is 0 Å². The van der Waals surface area contributed by atoms with Crippen LogP contribution >= 0.6 is 15.9 Å². The third-order valence-corrected chi connectivity index (χ3v) is 10.6. The van der Waals surface area contributed by atoms with Crippen molar-refractivity contribution in [3.05, 3.63) is 148 Å². The highest BCUT2D eigenvalue weighted by Crippen LogP contribution is 2.44. The molecule has 1 N–H and O–H groups in total. The first kappa shape index (κ1) is 30.1. The molecule has 1 atom stereocenters. The van der Waals surface area contributed by atoms with Gasteiger partial charge in [0.15, 0.2) is 0 Å². The van der Waals surface area contributed by atoms with Crippen molar-refractivity contribution < 1.29 is 5.11 Å². The van der Waals surface area contributed by atoms with Gasteiger partial charge >= 0.3 is 0 Å². The van der Waals surface area contributed by atoms with E-state index >= 15 is 0 Å². The SMILES string of the molecule is CN1CCC(O)(c2cc(Br)cc3cc(Cc4ccccc4)c(N4CCN(Cc5ccccc5)CC4)nc23)c2cccc3ccc1cc23. The lowest BCUT2D eigenvalue weighted by Gasteiger charge is -2.37. The molecule has 2 aliphatic rings. The molecular weight excluding hydrogens is 644 g/mol. The first-order valence-electron chi connectivity index (χ1n) is 16.6. The second-order valence-corrected chi connectivity index (χ2v) is 14.1. The Balaban J connectivity index is 1.25. The van der Waals surface area contributed by atoms with Crippen molar-refractivity contribution >= 4 is 49.1 Å². The average molecular weight is 684 g/mol. The predicted molar refractivity (Wildman–Crippen MR) is 197 cm³/mol. The molecule has 5 aromatic carbocycles. The topological polar surface area (TPSA) is 42.8 Å².